The Bertz CT molecular complexity index is 1030. The number of ether oxygens (including phenoxy) is 1. The van der Waals surface area contributed by atoms with Crippen molar-refractivity contribution in [1.29, 1.82) is 0 Å². The van der Waals surface area contributed by atoms with Gasteiger partial charge in [-0.25, -0.2) is 4.79 Å². The smallest absolute Gasteiger partial charge is 0.407 e. The van der Waals surface area contributed by atoms with Crippen LogP contribution in [0.5, 0.6) is 0 Å². The van der Waals surface area contributed by atoms with E-state index in [0.29, 0.717) is 12.3 Å². The van der Waals surface area contributed by atoms with E-state index >= 15 is 0 Å². The van der Waals surface area contributed by atoms with Gasteiger partial charge in [-0.1, -0.05) is 62.4 Å². The van der Waals surface area contributed by atoms with Crippen LogP contribution in [0.1, 0.15) is 37.3 Å². The third-order valence-electron chi connectivity index (χ3n) is 6.54. The quantitative estimate of drug-likeness (QED) is 0.620. The highest BCUT2D eigenvalue weighted by molar-refractivity contribution is 8.00. The molecule has 1 aliphatic carbocycles. The maximum absolute atomic E-state index is 12.8. The fraction of sp³-hybridized carbons (Fsp3) is 0.423. The number of fused-ring (bicyclic) bond motifs is 3. The van der Waals surface area contributed by atoms with Crippen molar-refractivity contribution in [1.82, 2.24) is 10.2 Å². The number of carboxylic acids is 1. The second-order valence-corrected chi connectivity index (χ2v) is 10.4. The lowest BCUT2D eigenvalue weighted by atomic mass is 9.98. The molecule has 7 nitrogen and oxygen atoms in total. The molecule has 0 bridgehead atoms. The molecule has 2 aliphatic rings. The summed E-state index contributed by atoms with van der Waals surface area (Å²) in [6.07, 6.45) is -0.440. The molecule has 0 radical (unpaired) electrons. The average molecular weight is 483 g/mol. The van der Waals surface area contributed by atoms with Crippen LogP contribution in [-0.2, 0) is 14.3 Å². The molecule has 0 spiro atoms. The molecular formula is C26H30N2O5S. The fourth-order valence-electron chi connectivity index (χ4n) is 4.59. The van der Waals surface area contributed by atoms with Gasteiger partial charge in [0.2, 0.25) is 5.91 Å². The van der Waals surface area contributed by atoms with E-state index in [1.807, 2.05) is 38.1 Å². The standard InChI is InChI=1S/C26H30N2O5S/c1-16(2)22(13-24(29)28-11-12-34-23(14-28)25(30)31)27-26(32)33-15-21-19-9-5-3-7-17(19)18-8-4-6-10-20(18)21/h3-10,16,21-23H,11-15H2,1-2H3,(H,27,32)(H,30,31)/t22-,23?/m0/s1. The van der Waals surface area contributed by atoms with E-state index in [2.05, 4.69) is 29.6 Å². The number of hydrogen-bond donors (Lipinski definition) is 2. The highest BCUT2D eigenvalue weighted by Crippen LogP contribution is 2.44. The van der Waals surface area contributed by atoms with Crippen molar-refractivity contribution in [3.8, 4) is 11.1 Å². The first kappa shape index (κ1) is 24.1. The maximum atomic E-state index is 12.8. The molecule has 4 rings (SSSR count). The van der Waals surface area contributed by atoms with E-state index in [4.69, 9.17) is 4.74 Å². The van der Waals surface area contributed by atoms with Gasteiger partial charge in [-0.05, 0) is 28.2 Å². The Morgan fingerprint density at radius 2 is 1.71 bits per heavy atom. The van der Waals surface area contributed by atoms with Gasteiger partial charge in [-0.3, -0.25) is 9.59 Å². The van der Waals surface area contributed by atoms with Crippen LogP contribution in [-0.4, -0.2) is 64.7 Å². The molecule has 1 aliphatic heterocycles. The molecular weight excluding hydrogens is 452 g/mol. The fourth-order valence-corrected chi connectivity index (χ4v) is 5.63. The number of aliphatic carboxylic acids is 1. The van der Waals surface area contributed by atoms with Gasteiger partial charge in [-0.15, -0.1) is 11.8 Å². The molecule has 2 atom stereocenters. The third kappa shape index (κ3) is 5.22. The van der Waals surface area contributed by atoms with Crippen molar-refractivity contribution in [2.45, 2.75) is 37.5 Å². The summed E-state index contributed by atoms with van der Waals surface area (Å²) in [5.41, 5.74) is 4.61. The third-order valence-corrected chi connectivity index (χ3v) is 7.71. The van der Waals surface area contributed by atoms with Crippen LogP contribution >= 0.6 is 11.8 Å². The number of carbonyl (C=O) groups is 3. The Balaban J connectivity index is 1.36. The molecule has 8 heteroatoms. The van der Waals surface area contributed by atoms with Crippen LogP contribution in [0.15, 0.2) is 48.5 Å². The SMILES string of the molecule is CC(C)[C@H](CC(=O)N1CCSC(C(=O)O)C1)NC(=O)OCC1c2ccccc2-c2ccccc21. The number of alkyl carbamates (subject to hydrolysis) is 1. The van der Waals surface area contributed by atoms with Crippen LogP contribution in [0.2, 0.25) is 0 Å². The maximum Gasteiger partial charge on any atom is 0.407 e. The molecule has 1 saturated heterocycles. The number of nitrogens with one attached hydrogen (secondary N) is 1. The second-order valence-electron chi connectivity index (χ2n) is 9.06. The number of benzene rings is 2. The molecule has 2 aromatic rings. The van der Waals surface area contributed by atoms with Crippen molar-refractivity contribution in [3.63, 3.8) is 0 Å². The normalized spacial score (nSPS) is 18.2. The first-order chi connectivity index (χ1) is 16.3. The van der Waals surface area contributed by atoms with Crippen molar-refractivity contribution in [2.24, 2.45) is 5.92 Å². The van der Waals surface area contributed by atoms with Crippen molar-refractivity contribution in [3.05, 3.63) is 59.7 Å². The molecule has 1 fully saturated rings. The molecule has 2 aromatic carbocycles. The molecule has 0 saturated carbocycles. The molecule has 0 aromatic heterocycles. The Morgan fingerprint density at radius 3 is 2.29 bits per heavy atom. The highest BCUT2D eigenvalue weighted by atomic mass is 32.2. The summed E-state index contributed by atoms with van der Waals surface area (Å²) >= 11 is 1.35. The van der Waals surface area contributed by atoms with E-state index in [0.717, 1.165) is 22.3 Å². The van der Waals surface area contributed by atoms with Crippen LogP contribution in [0.4, 0.5) is 4.79 Å². The zero-order valence-corrected chi connectivity index (χ0v) is 20.2. The number of carbonyl (C=O) groups excluding carboxylic acids is 2. The van der Waals surface area contributed by atoms with E-state index in [1.165, 1.54) is 11.8 Å². The van der Waals surface area contributed by atoms with Gasteiger partial charge in [0.05, 0.1) is 0 Å². The minimum atomic E-state index is -0.903. The molecule has 2 amide bonds. The summed E-state index contributed by atoms with van der Waals surface area (Å²) in [6, 6.07) is 15.9. The summed E-state index contributed by atoms with van der Waals surface area (Å²) < 4.78 is 5.64. The zero-order valence-electron chi connectivity index (χ0n) is 19.4. The number of carboxylic acid groups (broad SMARTS) is 1. The summed E-state index contributed by atoms with van der Waals surface area (Å²) in [6.45, 7) is 4.79. The van der Waals surface area contributed by atoms with Gasteiger partial charge in [0.1, 0.15) is 11.9 Å². The van der Waals surface area contributed by atoms with Gasteiger partial charge in [0.15, 0.2) is 0 Å². The van der Waals surface area contributed by atoms with E-state index in [9.17, 15) is 19.5 Å². The van der Waals surface area contributed by atoms with Crippen molar-refractivity contribution in [2.75, 3.05) is 25.4 Å². The summed E-state index contributed by atoms with van der Waals surface area (Å²) in [5, 5.41) is 11.5. The lowest BCUT2D eigenvalue weighted by Gasteiger charge is -2.32. The first-order valence-electron chi connectivity index (χ1n) is 11.6. The van der Waals surface area contributed by atoms with Crippen LogP contribution in [0.25, 0.3) is 11.1 Å². The summed E-state index contributed by atoms with van der Waals surface area (Å²) in [5.74, 6) is -0.478. The second kappa shape index (κ2) is 10.5. The zero-order chi connectivity index (χ0) is 24.2. The average Bonchev–Trinajstić information content (AvgIpc) is 3.16. The molecule has 1 heterocycles. The lowest BCUT2D eigenvalue weighted by molar-refractivity contribution is -0.138. The molecule has 180 valence electrons. The largest absolute Gasteiger partial charge is 0.480 e. The van der Waals surface area contributed by atoms with Gasteiger partial charge in [-0.2, -0.15) is 0 Å². The molecule has 1 unspecified atom stereocenters. The predicted octanol–water partition coefficient (Wildman–Crippen LogP) is 3.97. The summed E-state index contributed by atoms with van der Waals surface area (Å²) in [7, 11) is 0. The van der Waals surface area contributed by atoms with Crippen molar-refractivity contribution < 1.29 is 24.2 Å². The van der Waals surface area contributed by atoms with Crippen LogP contribution in [0, 0.1) is 5.92 Å². The highest BCUT2D eigenvalue weighted by Gasteiger charge is 2.32. The monoisotopic (exact) mass is 482 g/mol. The van der Waals surface area contributed by atoms with Gasteiger partial charge >= 0.3 is 12.1 Å². The number of amides is 2. The van der Waals surface area contributed by atoms with Crippen molar-refractivity contribution >= 4 is 29.7 Å². The molecule has 34 heavy (non-hydrogen) atoms. The van der Waals surface area contributed by atoms with Crippen LogP contribution in [0.3, 0.4) is 0 Å². The minimum Gasteiger partial charge on any atom is -0.480 e. The summed E-state index contributed by atoms with van der Waals surface area (Å²) in [4.78, 5) is 38.4. The Morgan fingerprint density at radius 1 is 1.09 bits per heavy atom. The minimum absolute atomic E-state index is 0.0128. The Labute approximate surface area is 203 Å². The number of rotatable bonds is 7. The van der Waals surface area contributed by atoms with Gasteiger partial charge in [0.25, 0.3) is 0 Å². The first-order valence-corrected chi connectivity index (χ1v) is 12.6. The van der Waals surface area contributed by atoms with Crippen LogP contribution < -0.4 is 5.32 Å². The number of thioether (sulfide) groups is 1. The van der Waals surface area contributed by atoms with E-state index in [1.54, 1.807) is 4.90 Å². The number of hydrogen-bond acceptors (Lipinski definition) is 5. The van der Waals surface area contributed by atoms with E-state index < -0.39 is 23.4 Å². The Hall–Kier alpha value is -3.00. The van der Waals surface area contributed by atoms with Gasteiger partial charge in [0, 0.05) is 37.2 Å². The number of nitrogens with zero attached hydrogens (tertiary/aromatic N) is 1. The topological polar surface area (TPSA) is 95.9 Å². The van der Waals surface area contributed by atoms with E-state index in [-0.39, 0.29) is 37.3 Å². The Kier molecular flexibility index (Phi) is 7.46. The molecule has 2 N–H and O–H groups in total. The van der Waals surface area contributed by atoms with Gasteiger partial charge < -0.3 is 20.1 Å². The lowest BCUT2D eigenvalue weighted by Crippen LogP contribution is -2.48. The predicted molar refractivity (Wildman–Crippen MR) is 132 cm³/mol.